The van der Waals surface area contributed by atoms with Gasteiger partial charge in [-0.15, -0.1) is 0 Å². The molecule has 1 aromatic rings. The van der Waals surface area contributed by atoms with Gasteiger partial charge < -0.3 is 14.4 Å². The number of benzene rings is 1. The summed E-state index contributed by atoms with van der Waals surface area (Å²) >= 11 is 0. The molecular formula is C13H17NO4. The van der Waals surface area contributed by atoms with Gasteiger partial charge in [-0.3, -0.25) is 9.59 Å². The normalized spacial score (nSPS) is 9.72. The zero-order valence-electron chi connectivity index (χ0n) is 10.8. The van der Waals surface area contributed by atoms with Crippen LogP contribution in [-0.2, 0) is 20.7 Å². The minimum absolute atomic E-state index is 0.0511. The van der Waals surface area contributed by atoms with Crippen molar-refractivity contribution in [2.24, 2.45) is 0 Å². The van der Waals surface area contributed by atoms with E-state index in [0.29, 0.717) is 5.75 Å². The number of amides is 1. The number of ether oxygens (including phenoxy) is 2. The van der Waals surface area contributed by atoms with Crippen molar-refractivity contribution < 1.29 is 19.1 Å². The second-order valence-electron chi connectivity index (χ2n) is 3.81. The Hall–Kier alpha value is -2.04. The van der Waals surface area contributed by atoms with Crippen LogP contribution in [0.5, 0.6) is 5.75 Å². The summed E-state index contributed by atoms with van der Waals surface area (Å²) in [5, 5.41) is 0. The van der Waals surface area contributed by atoms with Crippen molar-refractivity contribution in [2.75, 3.05) is 27.8 Å². The van der Waals surface area contributed by atoms with Gasteiger partial charge in [0.15, 0.2) is 0 Å². The summed E-state index contributed by atoms with van der Waals surface area (Å²) in [6.45, 7) is -0.0511. The van der Waals surface area contributed by atoms with Crippen molar-refractivity contribution in [1.29, 1.82) is 0 Å². The second-order valence-corrected chi connectivity index (χ2v) is 3.81. The summed E-state index contributed by atoms with van der Waals surface area (Å²) < 4.78 is 9.67. The molecule has 0 spiro atoms. The van der Waals surface area contributed by atoms with Crippen molar-refractivity contribution in [3.8, 4) is 5.75 Å². The monoisotopic (exact) mass is 251 g/mol. The van der Waals surface area contributed by atoms with E-state index < -0.39 is 5.97 Å². The van der Waals surface area contributed by atoms with E-state index in [1.807, 2.05) is 18.2 Å². The molecule has 0 heterocycles. The first-order valence-electron chi connectivity index (χ1n) is 5.51. The molecule has 5 nitrogen and oxygen atoms in total. The molecule has 98 valence electrons. The summed E-state index contributed by atoms with van der Waals surface area (Å²) in [6.07, 6.45) is 0.192. The van der Waals surface area contributed by atoms with E-state index in [1.54, 1.807) is 20.2 Å². The van der Waals surface area contributed by atoms with Crippen LogP contribution in [0.2, 0.25) is 0 Å². The largest absolute Gasteiger partial charge is 0.496 e. The van der Waals surface area contributed by atoms with Gasteiger partial charge in [0.05, 0.1) is 20.6 Å². The first-order chi connectivity index (χ1) is 8.58. The Bertz CT molecular complexity index is 431. The minimum atomic E-state index is -0.439. The average molecular weight is 251 g/mol. The van der Waals surface area contributed by atoms with Gasteiger partial charge in [0.25, 0.3) is 0 Å². The molecule has 0 saturated heterocycles. The van der Waals surface area contributed by atoms with Crippen LogP contribution in [0.25, 0.3) is 0 Å². The number of methoxy groups -OCH3 is 2. The predicted molar refractivity (Wildman–Crippen MR) is 66.4 cm³/mol. The van der Waals surface area contributed by atoms with Crippen LogP contribution >= 0.6 is 0 Å². The van der Waals surface area contributed by atoms with Crippen LogP contribution in [0.4, 0.5) is 0 Å². The standard InChI is InChI=1S/C13H17NO4/c1-14(9-13(16)18-3)12(15)8-10-6-4-5-7-11(10)17-2/h4-7H,8-9H2,1-3H3. The fraction of sp³-hybridized carbons (Fsp3) is 0.385. The molecule has 0 N–H and O–H groups in total. The highest BCUT2D eigenvalue weighted by Gasteiger charge is 2.15. The van der Waals surface area contributed by atoms with Gasteiger partial charge in [0.2, 0.25) is 5.91 Å². The molecule has 1 aromatic carbocycles. The molecular weight excluding hydrogens is 234 g/mol. The maximum absolute atomic E-state index is 11.9. The highest BCUT2D eigenvalue weighted by Crippen LogP contribution is 2.18. The van der Waals surface area contributed by atoms with Gasteiger partial charge in [-0.05, 0) is 6.07 Å². The molecule has 0 atom stereocenters. The molecule has 5 heteroatoms. The molecule has 1 amide bonds. The Morgan fingerprint density at radius 1 is 1.22 bits per heavy atom. The van der Waals surface area contributed by atoms with Gasteiger partial charge in [0, 0.05) is 12.6 Å². The zero-order valence-corrected chi connectivity index (χ0v) is 10.8. The van der Waals surface area contributed by atoms with E-state index in [0.717, 1.165) is 5.56 Å². The molecule has 0 saturated carbocycles. The third-order valence-electron chi connectivity index (χ3n) is 2.55. The number of esters is 1. The molecule has 0 aromatic heterocycles. The van der Waals surface area contributed by atoms with Crippen LogP contribution < -0.4 is 4.74 Å². The molecule has 0 bridgehead atoms. The van der Waals surface area contributed by atoms with E-state index in [-0.39, 0.29) is 18.9 Å². The lowest BCUT2D eigenvalue weighted by molar-refractivity contribution is -0.145. The highest BCUT2D eigenvalue weighted by atomic mass is 16.5. The Morgan fingerprint density at radius 3 is 2.50 bits per heavy atom. The summed E-state index contributed by atoms with van der Waals surface area (Å²) in [5.74, 6) is 0.0631. The molecule has 0 radical (unpaired) electrons. The number of carbonyl (C=O) groups is 2. The smallest absolute Gasteiger partial charge is 0.325 e. The third kappa shape index (κ3) is 3.76. The number of rotatable bonds is 5. The van der Waals surface area contributed by atoms with E-state index in [4.69, 9.17) is 4.74 Å². The fourth-order valence-electron chi connectivity index (χ4n) is 1.49. The first-order valence-corrected chi connectivity index (χ1v) is 5.51. The van der Waals surface area contributed by atoms with Crippen LogP contribution in [0.1, 0.15) is 5.56 Å². The first kappa shape index (κ1) is 14.0. The molecule has 1 rings (SSSR count). The van der Waals surface area contributed by atoms with Gasteiger partial charge >= 0.3 is 5.97 Å². The minimum Gasteiger partial charge on any atom is -0.496 e. The molecule has 18 heavy (non-hydrogen) atoms. The van der Waals surface area contributed by atoms with Crippen LogP contribution in [0.3, 0.4) is 0 Å². The number of hydrogen-bond acceptors (Lipinski definition) is 4. The molecule has 0 aliphatic rings. The number of likely N-dealkylation sites (N-methyl/N-ethyl adjacent to an activating group) is 1. The van der Waals surface area contributed by atoms with Gasteiger partial charge in [0.1, 0.15) is 12.3 Å². The van der Waals surface area contributed by atoms with Crippen LogP contribution in [-0.4, -0.2) is 44.6 Å². The van der Waals surface area contributed by atoms with E-state index in [1.165, 1.54) is 12.0 Å². The van der Waals surface area contributed by atoms with Crippen LogP contribution in [0, 0.1) is 0 Å². The molecule has 0 aliphatic carbocycles. The van der Waals surface area contributed by atoms with Gasteiger partial charge in [-0.25, -0.2) is 0 Å². The maximum atomic E-state index is 11.9. The lowest BCUT2D eigenvalue weighted by Crippen LogP contribution is -2.33. The van der Waals surface area contributed by atoms with Crippen molar-refractivity contribution in [3.63, 3.8) is 0 Å². The maximum Gasteiger partial charge on any atom is 0.325 e. The third-order valence-corrected chi connectivity index (χ3v) is 2.55. The Morgan fingerprint density at radius 2 is 1.89 bits per heavy atom. The summed E-state index contributed by atoms with van der Waals surface area (Å²) in [7, 11) is 4.41. The van der Waals surface area contributed by atoms with Crippen molar-refractivity contribution >= 4 is 11.9 Å². The van der Waals surface area contributed by atoms with Crippen LogP contribution in [0.15, 0.2) is 24.3 Å². The van der Waals surface area contributed by atoms with E-state index in [9.17, 15) is 9.59 Å². The number of nitrogens with zero attached hydrogens (tertiary/aromatic N) is 1. The second kappa shape index (κ2) is 6.64. The topological polar surface area (TPSA) is 55.8 Å². The van der Waals surface area contributed by atoms with E-state index >= 15 is 0 Å². The lowest BCUT2D eigenvalue weighted by Gasteiger charge is -2.16. The summed E-state index contributed by atoms with van der Waals surface area (Å²) in [6, 6.07) is 7.29. The van der Waals surface area contributed by atoms with E-state index in [2.05, 4.69) is 4.74 Å². The molecule has 0 unspecified atom stereocenters. The Kier molecular flexibility index (Phi) is 5.17. The lowest BCUT2D eigenvalue weighted by atomic mass is 10.1. The Balaban J connectivity index is 2.66. The number of carbonyl (C=O) groups excluding carboxylic acids is 2. The van der Waals surface area contributed by atoms with Crippen molar-refractivity contribution in [2.45, 2.75) is 6.42 Å². The fourth-order valence-corrected chi connectivity index (χ4v) is 1.49. The number of para-hydroxylation sites is 1. The highest BCUT2D eigenvalue weighted by molar-refractivity contribution is 5.83. The van der Waals surface area contributed by atoms with Crippen molar-refractivity contribution in [1.82, 2.24) is 4.90 Å². The Labute approximate surface area is 106 Å². The SMILES string of the molecule is COC(=O)CN(C)C(=O)Cc1ccccc1OC. The summed E-state index contributed by atoms with van der Waals surface area (Å²) in [5.41, 5.74) is 0.793. The molecule has 0 aliphatic heterocycles. The molecule has 0 fully saturated rings. The predicted octanol–water partition coefficient (Wildman–Crippen LogP) is 0.869. The van der Waals surface area contributed by atoms with Gasteiger partial charge in [-0.1, -0.05) is 18.2 Å². The van der Waals surface area contributed by atoms with Gasteiger partial charge in [-0.2, -0.15) is 0 Å². The zero-order chi connectivity index (χ0) is 13.5. The average Bonchev–Trinajstić information content (AvgIpc) is 2.39. The van der Waals surface area contributed by atoms with Crippen molar-refractivity contribution in [3.05, 3.63) is 29.8 Å². The summed E-state index contributed by atoms with van der Waals surface area (Å²) in [4.78, 5) is 24.3. The number of hydrogen-bond donors (Lipinski definition) is 0. The quantitative estimate of drug-likeness (QED) is 0.729.